The highest BCUT2D eigenvalue weighted by molar-refractivity contribution is 8.01. The predicted octanol–water partition coefficient (Wildman–Crippen LogP) is 3.32. The van der Waals surface area contributed by atoms with Crippen molar-refractivity contribution >= 4 is 39.8 Å². The van der Waals surface area contributed by atoms with E-state index in [0.717, 1.165) is 47.8 Å². The fraction of sp³-hybridized carbons (Fsp3) is 0.348. The normalized spacial score (nSPS) is 13.8. The van der Waals surface area contributed by atoms with Crippen LogP contribution >= 0.6 is 23.1 Å². The lowest BCUT2D eigenvalue weighted by atomic mass is 10.1. The Labute approximate surface area is 196 Å². The Hall–Kier alpha value is -2.78. The number of carbonyl (C=O) groups is 1. The smallest absolute Gasteiger partial charge is 0.230 e. The Bertz CT molecular complexity index is 989. The summed E-state index contributed by atoms with van der Waals surface area (Å²) in [5.74, 6) is 1.25. The molecule has 0 saturated carbocycles. The third-order valence-electron chi connectivity index (χ3n) is 5.29. The molecule has 7 nitrogen and oxygen atoms in total. The molecule has 1 amide bonds. The highest BCUT2D eigenvalue weighted by atomic mass is 32.2. The van der Waals surface area contributed by atoms with Crippen LogP contribution in [0.5, 0.6) is 5.75 Å². The average Bonchev–Trinajstić information content (AvgIpc) is 3.33. The maximum absolute atomic E-state index is 12.1. The number of aromatic nitrogens is 2. The minimum absolute atomic E-state index is 0.0239. The zero-order chi connectivity index (χ0) is 22.2. The molecule has 2 heterocycles. The lowest BCUT2D eigenvalue weighted by Crippen LogP contribution is -2.46. The Morgan fingerprint density at radius 2 is 1.75 bits per heavy atom. The van der Waals surface area contributed by atoms with Crippen molar-refractivity contribution in [2.24, 2.45) is 0 Å². The SMILES string of the molecule is COc1ccc(N2CCN(c3nnc(SCC(=O)NCCc4ccccc4)s3)CC2)cc1. The summed E-state index contributed by atoms with van der Waals surface area (Å²) in [5, 5.41) is 12.5. The first-order valence-corrected chi connectivity index (χ1v) is 12.4. The van der Waals surface area contributed by atoms with Crippen molar-refractivity contribution in [3.8, 4) is 5.75 Å². The number of thioether (sulfide) groups is 1. The second-order valence-electron chi connectivity index (χ2n) is 7.40. The number of nitrogens with one attached hydrogen (secondary N) is 1. The van der Waals surface area contributed by atoms with Crippen molar-refractivity contribution in [1.82, 2.24) is 15.5 Å². The lowest BCUT2D eigenvalue weighted by Gasteiger charge is -2.35. The summed E-state index contributed by atoms with van der Waals surface area (Å²) in [6, 6.07) is 18.3. The van der Waals surface area contributed by atoms with Crippen LogP contribution in [0.15, 0.2) is 58.9 Å². The van der Waals surface area contributed by atoms with Gasteiger partial charge in [0.1, 0.15) is 5.75 Å². The molecule has 32 heavy (non-hydrogen) atoms. The molecular weight excluding hydrogens is 442 g/mol. The van der Waals surface area contributed by atoms with Gasteiger partial charge in [0.2, 0.25) is 11.0 Å². The minimum atomic E-state index is 0.0239. The van der Waals surface area contributed by atoms with Crippen molar-refractivity contribution in [3.05, 3.63) is 60.2 Å². The van der Waals surface area contributed by atoms with Crippen LogP contribution in [0.25, 0.3) is 0 Å². The molecule has 0 radical (unpaired) electrons. The molecule has 1 aliphatic rings. The second kappa shape index (κ2) is 11.2. The second-order valence-corrected chi connectivity index (χ2v) is 9.58. The number of hydrogen-bond donors (Lipinski definition) is 1. The van der Waals surface area contributed by atoms with Crippen LogP contribution < -0.4 is 19.9 Å². The molecule has 1 fully saturated rings. The van der Waals surface area contributed by atoms with Gasteiger partial charge in [-0.3, -0.25) is 4.79 Å². The Balaban J connectivity index is 1.19. The third kappa shape index (κ3) is 6.14. The first kappa shape index (κ1) is 22.4. The molecule has 2 aromatic carbocycles. The van der Waals surface area contributed by atoms with E-state index >= 15 is 0 Å². The quantitative estimate of drug-likeness (QED) is 0.482. The number of amides is 1. The Morgan fingerprint density at radius 1 is 1.03 bits per heavy atom. The first-order valence-electron chi connectivity index (χ1n) is 10.6. The van der Waals surface area contributed by atoms with Crippen LogP contribution in [-0.2, 0) is 11.2 Å². The van der Waals surface area contributed by atoms with E-state index in [9.17, 15) is 4.79 Å². The van der Waals surface area contributed by atoms with Crippen molar-refractivity contribution in [2.45, 2.75) is 10.8 Å². The molecule has 0 aliphatic carbocycles. The van der Waals surface area contributed by atoms with Crippen molar-refractivity contribution in [3.63, 3.8) is 0 Å². The Morgan fingerprint density at radius 3 is 2.47 bits per heavy atom. The van der Waals surface area contributed by atoms with Crippen molar-refractivity contribution < 1.29 is 9.53 Å². The molecule has 0 spiro atoms. The molecule has 0 bridgehead atoms. The van der Waals surface area contributed by atoms with Crippen LogP contribution in [0.3, 0.4) is 0 Å². The standard InChI is InChI=1S/C23H27N5O2S2/c1-30-20-9-7-19(8-10-20)27-13-15-28(16-14-27)22-25-26-23(32-22)31-17-21(29)24-12-11-18-5-3-2-4-6-18/h2-10H,11-17H2,1H3,(H,24,29). The molecule has 3 aromatic rings. The highest BCUT2D eigenvalue weighted by Gasteiger charge is 2.20. The molecule has 0 atom stereocenters. The van der Waals surface area contributed by atoms with Crippen LogP contribution in [0.2, 0.25) is 0 Å². The summed E-state index contributed by atoms with van der Waals surface area (Å²) in [7, 11) is 1.68. The van der Waals surface area contributed by atoms with E-state index in [-0.39, 0.29) is 5.91 Å². The number of benzene rings is 2. The minimum Gasteiger partial charge on any atom is -0.497 e. The molecule has 168 valence electrons. The summed E-state index contributed by atoms with van der Waals surface area (Å²) < 4.78 is 6.07. The largest absolute Gasteiger partial charge is 0.497 e. The fourth-order valence-corrected chi connectivity index (χ4v) is 5.23. The van der Waals surface area contributed by atoms with E-state index in [1.165, 1.54) is 23.0 Å². The predicted molar refractivity (Wildman–Crippen MR) is 131 cm³/mol. The number of rotatable bonds is 9. The number of anilines is 2. The molecule has 0 unspecified atom stereocenters. The molecular formula is C23H27N5O2S2. The van der Waals surface area contributed by atoms with Gasteiger partial charge in [-0.15, -0.1) is 10.2 Å². The van der Waals surface area contributed by atoms with Crippen molar-refractivity contribution in [1.29, 1.82) is 0 Å². The van der Waals surface area contributed by atoms with E-state index < -0.39 is 0 Å². The molecule has 9 heteroatoms. The molecule has 1 saturated heterocycles. The monoisotopic (exact) mass is 469 g/mol. The number of piperazine rings is 1. The number of hydrogen-bond acceptors (Lipinski definition) is 8. The Kier molecular flexibility index (Phi) is 7.84. The lowest BCUT2D eigenvalue weighted by molar-refractivity contribution is -0.118. The molecule has 1 aromatic heterocycles. The molecule has 4 rings (SSSR count). The van der Waals surface area contributed by atoms with Gasteiger partial charge >= 0.3 is 0 Å². The first-order chi connectivity index (χ1) is 15.7. The van der Waals surface area contributed by atoms with Gasteiger partial charge in [0.05, 0.1) is 12.9 Å². The van der Waals surface area contributed by atoms with E-state index in [1.807, 2.05) is 30.3 Å². The number of ether oxygens (including phenoxy) is 1. The maximum atomic E-state index is 12.1. The third-order valence-corrected chi connectivity index (χ3v) is 7.41. The zero-order valence-electron chi connectivity index (χ0n) is 18.1. The summed E-state index contributed by atoms with van der Waals surface area (Å²) in [6.07, 6.45) is 0.836. The van der Waals surface area contributed by atoms with Gasteiger partial charge in [-0.1, -0.05) is 53.4 Å². The number of carbonyl (C=O) groups excluding carboxylic acids is 1. The maximum Gasteiger partial charge on any atom is 0.230 e. The van der Waals surface area contributed by atoms with E-state index in [4.69, 9.17) is 4.74 Å². The van der Waals surface area contributed by atoms with Crippen molar-refractivity contribution in [2.75, 3.05) is 55.4 Å². The topological polar surface area (TPSA) is 70.6 Å². The van der Waals surface area contributed by atoms with E-state index in [2.05, 4.69) is 49.6 Å². The summed E-state index contributed by atoms with van der Waals surface area (Å²) in [6.45, 7) is 4.29. The molecule has 1 N–H and O–H groups in total. The summed E-state index contributed by atoms with van der Waals surface area (Å²) in [4.78, 5) is 16.8. The van der Waals surface area contributed by atoms with Crippen LogP contribution in [0.4, 0.5) is 10.8 Å². The highest BCUT2D eigenvalue weighted by Crippen LogP contribution is 2.29. The van der Waals surface area contributed by atoms with Gasteiger partial charge in [-0.2, -0.15) is 0 Å². The zero-order valence-corrected chi connectivity index (χ0v) is 19.7. The number of nitrogens with zero attached hydrogens (tertiary/aromatic N) is 4. The van der Waals surface area contributed by atoms with Crippen LogP contribution in [0.1, 0.15) is 5.56 Å². The van der Waals surface area contributed by atoms with Gasteiger partial charge in [0, 0.05) is 38.4 Å². The van der Waals surface area contributed by atoms with Gasteiger partial charge in [-0.25, -0.2) is 0 Å². The van der Waals surface area contributed by atoms with E-state index in [0.29, 0.717) is 12.3 Å². The summed E-state index contributed by atoms with van der Waals surface area (Å²) >= 11 is 3.00. The number of methoxy groups -OCH3 is 1. The fourth-order valence-electron chi connectivity index (χ4n) is 3.51. The van der Waals surface area contributed by atoms with Crippen LogP contribution in [0, 0.1) is 0 Å². The van der Waals surface area contributed by atoms with Gasteiger partial charge in [-0.05, 0) is 36.2 Å². The average molecular weight is 470 g/mol. The van der Waals surface area contributed by atoms with E-state index in [1.54, 1.807) is 18.4 Å². The molecule has 1 aliphatic heterocycles. The van der Waals surface area contributed by atoms with Gasteiger partial charge < -0.3 is 19.9 Å². The summed E-state index contributed by atoms with van der Waals surface area (Å²) in [5.41, 5.74) is 2.43. The van der Waals surface area contributed by atoms with Gasteiger partial charge in [0.15, 0.2) is 4.34 Å². The van der Waals surface area contributed by atoms with Crippen LogP contribution in [-0.4, -0.2) is 61.7 Å². The van der Waals surface area contributed by atoms with Gasteiger partial charge in [0.25, 0.3) is 0 Å².